The van der Waals surface area contributed by atoms with Gasteiger partial charge in [0.15, 0.2) is 5.15 Å². The monoisotopic (exact) mass is 192 g/mol. The number of carbonyl (C=O) groups is 1. The first-order chi connectivity index (χ1) is 5.11. The van der Waals surface area contributed by atoms with Gasteiger partial charge in [-0.05, 0) is 11.6 Å². The number of halogens is 2. The predicted octanol–water partition coefficient (Wildman–Crippen LogP) is 0.301. The van der Waals surface area contributed by atoms with E-state index >= 15 is 0 Å². The molecule has 6 heteroatoms. The summed E-state index contributed by atoms with van der Waals surface area (Å²) in [5.74, 6) is -0.643. The first-order valence-corrected chi connectivity index (χ1v) is 3.40. The number of rotatable bonds is 1. The van der Waals surface area contributed by atoms with Crippen LogP contribution in [0, 0.1) is 0 Å². The molecule has 1 heterocycles. The van der Waals surface area contributed by atoms with Crippen molar-refractivity contribution in [3.05, 3.63) is 21.9 Å². The molecule has 0 aliphatic heterocycles. The van der Waals surface area contributed by atoms with Crippen molar-refractivity contribution in [3.8, 4) is 0 Å². The Labute approximate surface area is 72.3 Å². The molecule has 1 aromatic rings. The Hall–Kier alpha value is -0.870. The zero-order valence-electron chi connectivity index (χ0n) is 5.27. The van der Waals surface area contributed by atoms with Crippen LogP contribution in [0.25, 0.3) is 0 Å². The van der Waals surface area contributed by atoms with Gasteiger partial charge in [-0.3, -0.25) is 4.79 Å². The largest absolute Gasteiger partial charge is 0.365 e. The lowest BCUT2D eigenvalue weighted by atomic mass is 10.3. The molecular formula is C5H4Cl2N3O+. The highest BCUT2D eigenvalue weighted by atomic mass is 35.5. The van der Waals surface area contributed by atoms with Crippen molar-refractivity contribution in [1.29, 1.82) is 0 Å². The number of aromatic nitrogens is 2. The Kier molecular flexibility index (Phi) is 2.26. The molecule has 0 radical (unpaired) electrons. The number of hydrogen-bond acceptors (Lipinski definition) is 2. The summed E-state index contributed by atoms with van der Waals surface area (Å²) >= 11 is 11.0. The molecule has 3 N–H and O–H groups in total. The van der Waals surface area contributed by atoms with Crippen LogP contribution in [0.2, 0.25) is 10.3 Å². The second-order valence-electron chi connectivity index (χ2n) is 1.78. The van der Waals surface area contributed by atoms with E-state index in [0.29, 0.717) is 0 Å². The van der Waals surface area contributed by atoms with Crippen LogP contribution in [-0.2, 0) is 0 Å². The van der Waals surface area contributed by atoms with E-state index in [1.54, 1.807) is 0 Å². The topological polar surface area (TPSA) is 70.1 Å². The first kappa shape index (κ1) is 8.23. The van der Waals surface area contributed by atoms with E-state index in [4.69, 9.17) is 28.9 Å². The van der Waals surface area contributed by atoms with E-state index < -0.39 is 5.91 Å². The second-order valence-corrected chi connectivity index (χ2v) is 2.55. The van der Waals surface area contributed by atoms with Crippen molar-refractivity contribution in [2.75, 3.05) is 0 Å². The summed E-state index contributed by atoms with van der Waals surface area (Å²) in [6.45, 7) is 0. The number of carbonyl (C=O) groups excluding carboxylic acids is 1. The van der Waals surface area contributed by atoms with Gasteiger partial charge < -0.3 is 5.73 Å². The summed E-state index contributed by atoms with van der Waals surface area (Å²) < 4.78 is 0. The van der Waals surface area contributed by atoms with E-state index in [0.717, 1.165) is 0 Å². The molecule has 0 bridgehead atoms. The lowest BCUT2D eigenvalue weighted by Crippen LogP contribution is -2.19. The summed E-state index contributed by atoms with van der Waals surface area (Å²) in [7, 11) is 0. The Morgan fingerprint density at radius 3 is 2.73 bits per heavy atom. The SMILES string of the molecule is NC(=O)c1cc(Cl)n[nH+]c1Cl. The minimum Gasteiger partial charge on any atom is -0.365 e. The summed E-state index contributed by atoms with van der Waals surface area (Å²) in [6, 6.07) is 1.29. The van der Waals surface area contributed by atoms with Crippen molar-refractivity contribution in [2.45, 2.75) is 0 Å². The van der Waals surface area contributed by atoms with E-state index in [-0.39, 0.29) is 15.9 Å². The fraction of sp³-hybridized carbons (Fsp3) is 0. The summed E-state index contributed by atoms with van der Waals surface area (Å²) in [5.41, 5.74) is 5.08. The van der Waals surface area contributed by atoms with Crippen molar-refractivity contribution >= 4 is 29.1 Å². The van der Waals surface area contributed by atoms with Gasteiger partial charge in [0, 0.05) is 11.2 Å². The maximum atomic E-state index is 10.6. The molecule has 0 saturated carbocycles. The molecule has 0 aliphatic carbocycles. The molecule has 11 heavy (non-hydrogen) atoms. The fourth-order valence-electron chi connectivity index (χ4n) is 0.557. The Bertz CT molecular complexity index is 302. The molecule has 0 atom stereocenters. The third kappa shape index (κ3) is 1.78. The van der Waals surface area contributed by atoms with Gasteiger partial charge in [0.25, 0.3) is 5.91 Å². The highest BCUT2D eigenvalue weighted by molar-refractivity contribution is 6.33. The van der Waals surface area contributed by atoms with Crippen LogP contribution >= 0.6 is 23.2 Å². The molecule has 0 aliphatic rings. The van der Waals surface area contributed by atoms with E-state index in [1.807, 2.05) is 0 Å². The summed E-state index contributed by atoms with van der Waals surface area (Å²) in [6.07, 6.45) is 0. The van der Waals surface area contributed by atoms with Crippen LogP contribution in [0.3, 0.4) is 0 Å². The van der Waals surface area contributed by atoms with Crippen molar-refractivity contribution in [2.24, 2.45) is 5.73 Å². The highest BCUT2D eigenvalue weighted by Gasteiger charge is 2.14. The Morgan fingerprint density at radius 1 is 1.64 bits per heavy atom. The number of nitrogens with two attached hydrogens (primary N) is 1. The lowest BCUT2D eigenvalue weighted by Gasteiger charge is -1.90. The van der Waals surface area contributed by atoms with Crippen LogP contribution in [0.15, 0.2) is 6.07 Å². The van der Waals surface area contributed by atoms with Gasteiger partial charge in [-0.15, -0.1) is 0 Å². The zero-order valence-corrected chi connectivity index (χ0v) is 6.78. The molecule has 1 amide bonds. The first-order valence-electron chi connectivity index (χ1n) is 2.65. The van der Waals surface area contributed by atoms with Gasteiger partial charge in [-0.1, -0.05) is 16.7 Å². The van der Waals surface area contributed by atoms with Gasteiger partial charge in [-0.25, -0.2) is 0 Å². The van der Waals surface area contributed by atoms with Crippen molar-refractivity contribution < 1.29 is 9.89 Å². The third-order valence-electron chi connectivity index (χ3n) is 1.03. The maximum absolute atomic E-state index is 10.6. The van der Waals surface area contributed by atoms with Gasteiger partial charge in [0.1, 0.15) is 5.56 Å². The molecule has 0 unspecified atom stereocenters. The molecule has 4 nitrogen and oxygen atoms in total. The molecule has 1 rings (SSSR count). The average Bonchev–Trinajstić information content (AvgIpc) is 1.94. The predicted molar refractivity (Wildman–Crippen MR) is 39.3 cm³/mol. The number of aromatic amines is 1. The average molecular weight is 193 g/mol. The molecule has 0 fully saturated rings. The molecule has 0 spiro atoms. The minimum atomic E-state index is -0.643. The van der Waals surface area contributed by atoms with E-state index in [1.165, 1.54) is 6.07 Å². The van der Waals surface area contributed by atoms with Gasteiger partial charge in [-0.2, -0.15) is 0 Å². The number of hydrogen-bond donors (Lipinski definition) is 1. The fourth-order valence-corrected chi connectivity index (χ4v) is 0.898. The van der Waals surface area contributed by atoms with Gasteiger partial charge in [0.05, 0.1) is 0 Å². The number of nitrogens with one attached hydrogen (secondary N) is 1. The van der Waals surface area contributed by atoms with Gasteiger partial charge in [0.2, 0.25) is 0 Å². The number of nitrogens with zero attached hydrogens (tertiary/aromatic N) is 1. The number of primary amides is 1. The summed E-state index contributed by atoms with van der Waals surface area (Å²) in [5, 5.41) is 6.08. The van der Waals surface area contributed by atoms with Crippen LogP contribution in [0.4, 0.5) is 0 Å². The standard InChI is InChI=1S/C5H3Cl2N3O/c6-3-1-2(5(8)11)4(7)10-9-3/h1H,(H2,8,11)/p+1. The van der Waals surface area contributed by atoms with Crippen molar-refractivity contribution in [1.82, 2.24) is 5.10 Å². The quantitative estimate of drug-likeness (QED) is 0.696. The Balaban J connectivity index is 3.23. The van der Waals surface area contributed by atoms with Crippen LogP contribution in [0.5, 0.6) is 0 Å². The molecule has 0 aromatic carbocycles. The van der Waals surface area contributed by atoms with E-state index in [2.05, 4.69) is 10.2 Å². The minimum absolute atomic E-state index is 0.0851. The molecule has 0 saturated heterocycles. The number of H-pyrrole nitrogens is 1. The maximum Gasteiger partial charge on any atom is 0.311 e. The molecule has 58 valence electrons. The van der Waals surface area contributed by atoms with E-state index in [9.17, 15) is 4.79 Å². The normalized spacial score (nSPS) is 9.64. The second kappa shape index (κ2) is 3.02. The molecular weight excluding hydrogens is 189 g/mol. The van der Waals surface area contributed by atoms with Crippen LogP contribution < -0.4 is 10.8 Å². The number of amides is 1. The summed E-state index contributed by atoms with van der Waals surface area (Å²) in [4.78, 5) is 10.6. The third-order valence-corrected chi connectivity index (χ3v) is 1.51. The highest BCUT2D eigenvalue weighted by Crippen LogP contribution is 2.11. The van der Waals surface area contributed by atoms with Crippen molar-refractivity contribution in [3.63, 3.8) is 0 Å². The lowest BCUT2D eigenvalue weighted by molar-refractivity contribution is -0.452. The van der Waals surface area contributed by atoms with Gasteiger partial charge >= 0.3 is 5.15 Å². The van der Waals surface area contributed by atoms with Crippen LogP contribution in [0.1, 0.15) is 10.4 Å². The smallest absolute Gasteiger partial charge is 0.311 e. The zero-order chi connectivity index (χ0) is 8.43. The molecule has 1 aromatic heterocycles. The van der Waals surface area contributed by atoms with Crippen LogP contribution in [-0.4, -0.2) is 11.0 Å². The Morgan fingerprint density at radius 2 is 2.27 bits per heavy atom.